The maximum Gasteiger partial charge on any atom is 0.310 e. The second-order valence-electron chi connectivity index (χ2n) is 6.18. The van der Waals surface area contributed by atoms with Crippen molar-refractivity contribution in [1.29, 1.82) is 0 Å². The molecule has 2 bridgehead atoms. The van der Waals surface area contributed by atoms with Gasteiger partial charge in [-0.1, -0.05) is 29.3 Å². The molecule has 2 fully saturated rings. The van der Waals surface area contributed by atoms with Gasteiger partial charge in [0.1, 0.15) is 0 Å². The highest BCUT2D eigenvalue weighted by Crippen LogP contribution is 2.47. The van der Waals surface area contributed by atoms with Crippen LogP contribution in [0.5, 0.6) is 0 Å². The average Bonchev–Trinajstić information content (AvgIpc) is 2.68. The van der Waals surface area contributed by atoms with E-state index in [-0.39, 0.29) is 24.0 Å². The molecule has 2 aliphatic heterocycles. The number of halogens is 2. The molecule has 4 nitrogen and oxygen atoms in total. The number of ether oxygens (including phenoxy) is 1. The molecule has 0 amide bonds. The standard InChI is InChI=1S/C16H19Cl2NO3/c1-19-9-6-10(8-3-4-11(17)12(18)5-8)14(16(21)22-2)15(19)13(20)7-9/h3-5,9-10,13-15,20H,6-7H2,1-2H3/t9?,10-,13-,14+,15+/m1/s1. The summed E-state index contributed by atoms with van der Waals surface area (Å²) < 4.78 is 5.01. The highest BCUT2D eigenvalue weighted by Gasteiger charge is 2.53. The first-order valence-corrected chi connectivity index (χ1v) is 8.12. The molecule has 0 saturated carbocycles. The fourth-order valence-corrected chi connectivity index (χ4v) is 4.36. The van der Waals surface area contributed by atoms with Gasteiger partial charge in [0.25, 0.3) is 0 Å². The molecule has 2 heterocycles. The number of carbonyl (C=O) groups excluding carboxylic acids is 1. The maximum absolute atomic E-state index is 12.4. The first-order valence-electron chi connectivity index (χ1n) is 7.36. The van der Waals surface area contributed by atoms with E-state index in [2.05, 4.69) is 4.90 Å². The number of hydrogen-bond acceptors (Lipinski definition) is 4. The lowest BCUT2D eigenvalue weighted by Crippen LogP contribution is -2.51. The van der Waals surface area contributed by atoms with Crippen molar-refractivity contribution in [3.05, 3.63) is 33.8 Å². The van der Waals surface area contributed by atoms with Gasteiger partial charge >= 0.3 is 5.97 Å². The number of methoxy groups -OCH3 is 1. The third-order valence-corrected chi connectivity index (χ3v) is 5.87. The Kier molecular flexibility index (Phi) is 4.38. The minimum absolute atomic E-state index is 0.0226. The number of likely N-dealkylation sites (N-methyl/N-ethyl adjacent to an activating group) is 1. The fourth-order valence-electron chi connectivity index (χ4n) is 4.06. The number of benzene rings is 1. The van der Waals surface area contributed by atoms with Crippen LogP contribution in [0.25, 0.3) is 0 Å². The molecule has 22 heavy (non-hydrogen) atoms. The minimum atomic E-state index is -0.508. The van der Waals surface area contributed by atoms with Crippen LogP contribution in [0.4, 0.5) is 0 Å². The van der Waals surface area contributed by atoms with E-state index in [1.807, 2.05) is 19.2 Å². The molecule has 2 saturated heterocycles. The number of fused-ring (bicyclic) bond motifs is 2. The third-order valence-electron chi connectivity index (χ3n) is 5.13. The van der Waals surface area contributed by atoms with Gasteiger partial charge < -0.3 is 9.84 Å². The van der Waals surface area contributed by atoms with Crippen LogP contribution in [0.2, 0.25) is 10.0 Å². The molecule has 0 spiro atoms. The number of aliphatic hydroxyl groups excluding tert-OH is 1. The Morgan fingerprint density at radius 2 is 2.05 bits per heavy atom. The van der Waals surface area contributed by atoms with E-state index in [4.69, 9.17) is 27.9 Å². The Hall–Kier alpha value is -0.810. The summed E-state index contributed by atoms with van der Waals surface area (Å²) in [7, 11) is 3.36. The van der Waals surface area contributed by atoms with Crippen molar-refractivity contribution in [1.82, 2.24) is 4.90 Å². The molecular formula is C16H19Cl2NO3. The van der Waals surface area contributed by atoms with E-state index in [9.17, 15) is 9.90 Å². The van der Waals surface area contributed by atoms with Crippen LogP contribution < -0.4 is 0 Å². The number of esters is 1. The first-order chi connectivity index (χ1) is 10.4. The van der Waals surface area contributed by atoms with Gasteiger partial charge in [0.05, 0.1) is 29.2 Å². The maximum atomic E-state index is 12.4. The number of piperidine rings is 1. The van der Waals surface area contributed by atoms with E-state index >= 15 is 0 Å². The van der Waals surface area contributed by atoms with E-state index in [0.29, 0.717) is 16.5 Å². The largest absolute Gasteiger partial charge is 0.469 e. The summed E-state index contributed by atoms with van der Waals surface area (Å²) in [4.78, 5) is 14.5. The second kappa shape index (κ2) is 6.00. The molecule has 0 aromatic heterocycles. The third kappa shape index (κ3) is 2.52. The normalized spacial score (nSPS) is 34.7. The Morgan fingerprint density at radius 3 is 2.68 bits per heavy atom. The monoisotopic (exact) mass is 343 g/mol. The van der Waals surface area contributed by atoms with Gasteiger partial charge in [-0.3, -0.25) is 9.69 Å². The molecular weight excluding hydrogens is 325 g/mol. The van der Waals surface area contributed by atoms with Gasteiger partial charge in [0.2, 0.25) is 0 Å². The fraction of sp³-hybridized carbons (Fsp3) is 0.562. The minimum Gasteiger partial charge on any atom is -0.469 e. The predicted octanol–water partition coefficient (Wildman–Crippen LogP) is 2.70. The van der Waals surface area contributed by atoms with Crippen LogP contribution in [-0.2, 0) is 9.53 Å². The van der Waals surface area contributed by atoms with Gasteiger partial charge in [-0.15, -0.1) is 0 Å². The zero-order valence-electron chi connectivity index (χ0n) is 12.5. The van der Waals surface area contributed by atoms with Crippen molar-refractivity contribution in [3.63, 3.8) is 0 Å². The van der Waals surface area contributed by atoms with Crippen molar-refractivity contribution in [2.75, 3.05) is 14.2 Å². The smallest absolute Gasteiger partial charge is 0.310 e. The van der Waals surface area contributed by atoms with Gasteiger partial charge in [-0.25, -0.2) is 0 Å². The zero-order chi connectivity index (χ0) is 16.0. The highest BCUT2D eigenvalue weighted by molar-refractivity contribution is 6.42. The lowest BCUT2D eigenvalue weighted by atomic mass is 9.76. The Morgan fingerprint density at radius 1 is 1.32 bits per heavy atom. The van der Waals surface area contributed by atoms with Gasteiger partial charge in [-0.2, -0.15) is 0 Å². The number of aliphatic hydroxyl groups is 1. The summed E-state index contributed by atoms with van der Waals surface area (Å²) in [6, 6.07) is 5.53. The summed E-state index contributed by atoms with van der Waals surface area (Å²) in [5.74, 6) is -0.709. The van der Waals surface area contributed by atoms with Gasteiger partial charge in [0.15, 0.2) is 0 Å². The Bertz CT molecular complexity index is 595. The van der Waals surface area contributed by atoms with Crippen molar-refractivity contribution < 1.29 is 14.6 Å². The number of carbonyl (C=O) groups is 1. The molecule has 2 aliphatic rings. The molecule has 3 rings (SSSR count). The molecule has 1 aromatic rings. The van der Waals surface area contributed by atoms with E-state index in [1.165, 1.54) is 7.11 Å². The van der Waals surface area contributed by atoms with Crippen LogP contribution >= 0.6 is 23.2 Å². The molecule has 0 aliphatic carbocycles. The predicted molar refractivity (Wildman–Crippen MR) is 85.3 cm³/mol. The molecule has 5 atom stereocenters. The van der Waals surface area contributed by atoms with E-state index in [1.54, 1.807) is 6.07 Å². The quantitative estimate of drug-likeness (QED) is 0.838. The number of rotatable bonds is 2. The molecule has 1 aromatic carbocycles. The van der Waals surface area contributed by atoms with Crippen LogP contribution in [0.3, 0.4) is 0 Å². The van der Waals surface area contributed by atoms with Gasteiger partial charge in [0, 0.05) is 18.0 Å². The average molecular weight is 344 g/mol. The van der Waals surface area contributed by atoms with Crippen LogP contribution in [0.1, 0.15) is 24.3 Å². The zero-order valence-corrected chi connectivity index (χ0v) is 14.0. The summed E-state index contributed by atoms with van der Waals surface area (Å²) in [6.45, 7) is 0. The Labute approximate surface area is 140 Å². The van der Waals surface area contributed by atoms with Crippen LogP contribution in [-0.4, -0.2) is 48.3 Å². The molecule has 0 radical (unpaired) electrons. The Balaban J connectivity index is 2.01. The SMILES string of the molecule is COC(=O)[C@@H]1[C@@H]2[C@H](O)CC(C[C@@H]1c1ccc(Cl)c(Cl)c1)N2C. The van der Waals surface area contributed by atoms with Crippen molar-refractivity contribution in [3.8, 4) is 0 Å². The lowest BCUT2D eigenvalue weighted by molar-refractivity contribution is -0.151. The topological polar surface area (TPSA) is 49.8 Å². The summed E-state index contributed by atoms with van der Waals surface area (Å²) in [5, 5.41) is 11.3. The molecule has 6 heteroatoms. The molecule has 1 N–H and O–H groups in total. The van der Waals surface area contributed by atoms with Crippen LogP contribution in [0, 0.1) is 5.92 Å². The first kappa shape index (κ1) is 16.1. The van der Waals surface area contributed by atoms with E-state index < -0.39 is 12.0 Å². The van der Waals surface area contributed by atoms with Crippen molar-refractivity contribution in [2.24, 2.45) is 5.92 Å². The molecule has 1 unspecified atom stereocenters. The summed E-state index contributed by atoms with van der Waals surface area (Å²) in [6.07, 6.45) is 0.973. The highest BCUT2D eigenvalue weighted by atomic mass is 35.5. The summed E-state index contributed by atoms with van der Waals surface area (Å²) in [5.41, 5.74) is 0.974. The van der Waals surface area contributed by atoms with Crippen molar-refractivity contribution in [2.45, 2.75) is 36.9 Å². The molecule has 120 valence electrons. The summed E-state index contributed by atoms with van der Waals surface area (Å²) >= 11 is 12.1. The number of nitrogens with zero attached hydrogens (tertiary/aromatic N) is 1. The van der Waals surface area contributed by atoms with Gasteiger partial charge in [-0.05, 0) is 37.6 Å². The second-order valence-corrected chi connectivity index (χ2v) is 6.99. The van der Waals surface area contributed by atoms with Crippen LogP contribution in [0.15, 0.2) is 18.2 Å². The van der Waals surface area contributed by atoms with E-state index in [0.717, 1.165) is 12.0 Å². The number of hydrogen-bond donors (Lipinski definition) is 1. The van der Waals surface area contributed by atoms with Crippen molar-refractivity contribution >= 4 is 29.2 Å². The lowest BCUT2D eigenvalue weighted by Gasteiger charge is -2.42.